The molecule has 3 aromatic rings. The molecule has 3 rings (SSSR count). The number of hydrogen-bond donors (Lipinski definition) is 1. The molecule has 2 N–H and O–H groups in total. The Labute approximate surface area is 146 Å². The Balaban J connectivity index is 2.09. The Hall–Kier alpha value is -2.71. The van der Waals surface area contributed by atoms with Gasteiger partial charge in [-0.25, -0.2) is 18.2 Å². The maximum absolute atomic E-state index is 11.4. The summed E-state index contributed by atoms with van der Waals surface area (Å²) < 4.78 is 30.0. The molecule has 0 aliphatic rings. The molecule has 1 aromatic heterocycles. The van der Waals surface area contributed by atoms with E-state index in [2.05, 4.69) is 10.1 Å². The minimum Gasteiger partial charge on any atom is -0.460 e. The van der Waals surface area contributed by atoms with Crippen LogP contribution in [0, 0.1) is 0 Å². The normalized spacial score (nSPS) is 11.7. The van der Waals surface area contributed by atoms with Gasteiger partial charge in [0.1, 0.15) is 0 Å². The third-order valence-corrected chi connectivity index (χ3v) is 4.30. The maximum Gasteiger partial charge on any atom is 0.336 e. The van der Waals surface area contributed by atoms with Gasteiger partial charge in [0, 0.05) is 5.56 Å². The minimum absolute atomic E-state index is 0.0382. The van der Waals surface area contributed by atoms with E-state index in [0.29, 0.717) is 11.5 Å². The van der Waals surface area contributed by atoms with Gasteiger partial charge in [0.15, 0.2) is 5.82 Å². The van der Waals surface area contributed by atoms with E-state index in [9.17, 15) is 8.42 Å². The highest BCUT2D eigenvalue weighted by molar-refractivity contribution is 7.89. The molecule has 0 fully saturated rings. The van der Waals surface area contributed by atoms with Crippen LogP contribution in [0.15, 0.2) is 59.5 Å². The molecule has 8 heteroatoms. The summed E-state index contributed by atoms with van der Waals surface area (Å²) in [6, 6.07) is 15.9. The second kappa shape index (κ2) is 6.66. The van der Waals surface area contributed by atoms with Crippen molar-refractivity contribution in [3.8, 4) is 23.1 Å². The van der Waals surface area contributed by atoms with Crippen LogP contribution in [0.1, 0.15) is 13.8 Å². The van der Waals surface area contributed by atoms with Crippen molar-refractivity contribution in [3.05, 3.63) is 54.6 Å². The van der Waals surface area contributed by atoms with Gasteiger partial charge in [0.25, 0.3) is 0 Å². The number of nitrogens with zero attached hydrogens (tertiary/aromatic N) is 3. The third kappa shape index (κ3) is 3.86. The van der Waals surface area contributed by atoms with Gasteiger partial charge in [-0.15, -0.1) is 5.10 Å². The van der Waals surface area contributed by atoms with Gasteiger partial charge >= 0.3 is 6.01 Å². The summed E-state index contributed by atoms with van der Waals surface area (Å²) in [7, 11) is -3.74. The Kier molecular flexibility index (Phi) is 4.56. The predicted octanol–water partition coefficient (Wildman–Crippen LogP) is 2.37. The van der Waals surface area contributed by atoms with Crippen molar-refractivity contribution in [2.24, 2.45) is 5.14 Å². The van der Waals surface area contributed by atoms with Crippen LogP contribution in [0.4, 0.5) is 0 Å². The molecular weight excluding hydrogens is 340 g/mol. The van der Waals surface area contributed by atoms with Gasteiger partial charge in [0.05, 0.1) is 16.7 Å². The molecule has 0 saturated heterocycles. The van der Waals surface area contributed by atoms with E-state index in [1.807, 2.05) is 44.2 Å². The average molecular weight is 358 g/mol. The van der Waals surface area contributed by atoms with E-state index in [1.165, 1.54) is 12.1 Å². The fourth-order valence-corrected chi connectivity index (χ4v) is 2.80. The molecule has 0 saturated carbocycles. The lowest BCUT2D eigenvalue weighted by atomic mass is 10.2. The van der Waals surface area contributed by atoms with E-state index in [0.717, 1.165) is 5.56 Å². The first-order chi connectivity index (χ1) is 11.8. The highest BCUT2D eigenvalue weighted by Crippen LogP contribution is 2.24. The maximum atomic E-state index is 11.4. The van der Waals surface area contributed by atoms with Crippen LogP contribution in [-0.2, 0) is 10.0 Å². The van der Waals surface area contributed by atoms with Crippen molar-refractivity contribution in [3.63, 3.8) is 0 Å². The monoisotopic (exact) mass is 358 g/mol. The van der Waals surface area contributed by atoms with Crippen molar-refractivity contribution in [2.45, 2.75) is 24.8 Å². The van der Waals surface area contributed by atoms with Gasteiger partial charge in [-0.05, 0) is 38.1 Å². The zero-order chi connectivity index (χ0) is 18.0. The van der Waals surface area contributed by atoms with Crippen LogP contribution in [0.25, 0.3) is 17.1 Å². The quantitative estimate of drug-likeness (QED) is 0.755. The number of rotatable bonds is 5. The second-order valence-corrected chi connectivity index (χ2v) is 7.26. The molecule has 0 amide bonds. The van der Waals surface area contributed by atoms with Crippen LogP contribution >= 0.6 is 0 Å². The summed E-state index contributed by atoms with van der Waals surface area (Å²) in [6.45, 7) is 3.79. The zero-order valence-corrected chi connectivity index (χ0v) is 14.6. The van der Waals surface area contributed by atoms with E-state index in [1.54, 1.807) is 16.8 Å². The lowest BCUT2D eigenvalue weighted by Gasteiger charge is -2.06. The van der Waals surface area contributed by atoms with E-state index in [-0.39, 0.29) is 17.0 Å². The first kappa shape index (κ1) is 17.1. The molecule has 1 heterocycles. The first-order valence-corrected chi connectivity index (χ1v) is 9.21. The number of sulfonamides is 1. The number of hydrogen-bond acceptors (Lipinski definition) is 5. The van der Waals surface area contributed by atoms with E-state index >= 15 is 0 Å². The van der Waals surface area contributed by atoms with E-state index < -0.39 is 10.0 Å². The molecule has 7 nitrogen and oxygen atoms in total. The molecular formula is C17H18N4O3S. The molecule has 25 heavy (non-hydrogen) atoms. The number of primary sulfonamides is 1. The zero-order valence-electron chi connectivity index (χ0n) is 13.8. The summed E-state index contributed by atoms with van der Waals surface area (Å²) in [5.41, 5.74) is 1.52. The Morgan fingerprint density at radius 2 is 1.68 bits per heavy atom. The number of nitrogens with two attached hydrogens (primary N) is 1. The molecule has 0 aliphatic carbocycles. The average Bonchev–Trinajstić information content (AvgIpc) is 2.98. The summed E-state index contributed by atoms with van der Waals surface area (Å²) in [6.07, 6.45) is -0.0655. The summed E-state index contributed by atoms with van der Waals surface area (Å²) in [4.78, 5) is 4.49. The van der Waals surface area contributed by atoms with Crippen LogP contribution in [0.5, 0.6) is 6.01 Å². The molecule has 0 spiro atoms. The van der Waals surface area contributed by atoms with Crippen molar-refractivity contribution < 1.29 is 13.2 Å². The van der Waals surface area contributed by atoms with Crippen molar-refractivity contribution in [1.82, 2.24) is 14.8 Å². The molecule has 0 bridgehead atoms. The summed E-state index contributed by atoms with van der Waals surface area (Å²) in [5.74, 6) is 0.597. The largest absolute Gasteiger partial charge is 0.460 e. The van der Waals surface area contributed by atoms with Crippen LogP contribution in [0.2, 0.25) is 0 Å². The molecule has 0 unspecified atom stereocenters. The van der Waals surface area contributed by atoms with Gasteiger partial charge in [-0.1, -0.05) is 30.3 Å². The SMILES string of the molecule is CC(C)Oc1nc(-c2ccccc2)n(-c2ccc(S(N)(=O)=O)cc2)n1. The number of aromatic nitrogens is 3. The van der Waals surface area contributed by atoms with Crippen molar-refractivity contribution in [2.75, 3.05) is 0 Å². The van der Waals surface area contributed by atoms with Crippen molar-refractivity contribution in [1.29, 1.82) is 0 Å². The smallest absolute Gasteiger partial charge is 0.336 e. The van der Waals surface area contributed by atoms with Gasteiger partial charge in [-0.3, -0.25) is 0 Å². The summed E-state index contributed by atoms with van der Waals surface area (Å²) >= 11 is 0. The van der Waals surface area contributed by atoms with Crippen LogP contribution in [-0.4, -0.2) is 29.3 Å². The lowest BCUT2D eigenvalue weighted by molar-refractivity contribution is 0.222. The number of benzene rings is 2. The topological polar surface area (TPSA) is 100 Å². The molecule has 0 radical (unpaired) electrons. The minimum atomic E-state index is -3.74. The third-order valence-electron chi connectivity index (χ3n) is 3.37. The van der Waals surface area contributed by atoms with Gasteiger partial charge in [-0.2, -0.15) is 4.98 Å². The highest BCUT2D eigenvalue weighted by atomic mass is 32.2. The lowest BCUT2D eigenvalue weighted by Crippen LogP contribution is -2.12. The first-order valence-electron chi connectivity index (χ1n) is 7.67. The van der Waals surface area contributed by atoms with E-state index in [4.69, 9.17) is 9.88 Å². The van der Waals surface area contributed by atoms with Crippen LogP contribution < -0.4 is 9.88 Å². The Bertz CT molecular complexity index is 965. The van der Waals surface area contributed by atoms with Gasteiger partial charge in [0.2, 0.25) is 10.0 Å². The Morgan fingerprint density at radius 3 is 2.24 bits per heavy atom. The Morgan fingerprint density at radius 1 is 1.04 bits per heavy atom. The molecule has 0 aliphatic heterocycles. The second-order valence-electron chi connectivity index (χ2n) is 5.70. The number of ether oxygens (including phenoxy) is 1. The summed E-state index contributed by atoms with van der Waals surface area (Å²) in [5, 5.41) is 9.53. The standard InChI is InChI=1S/C17H18N4O3S/c1-12(2)24-17-19-16(13-6-4-3-5-7-13)21(20-17)14-8-10-15(11-9-14)25(18,22)23/h3-12H,1-2H3,(H2,18,22,23). The van der Waals surface area contributed by atoms with Crippen molar-refractivity contribution >= 4 is 10.0 Å². The fourth-order valence-electron chi connectivity index (χ4n) is 2.29. The molecule has 130 valence electrons. The predicted molar refractivity (Wildman–Crippen MR) is 93.9 cm³/mol. The fraction of sp³-hybridized carbons (Fsp3) is 0.176. The molecule has 0 atom stereocenters. The van der Waals surface area contributed by atoms with Crippen LogP contribution in [0.3, 0.4) is 0 Å². The van der Waals surface area contributed by atoms with Gasteiger partial charge < -0.3 is 4.74 Å². The molecule has 2 aromatic carbocycles. The highest BCUT2D eigenvalue weighted by Gasteiger charge is 2.16.